The van der Waals surface area contributed by atoms with Gasteiger partial charge in [0.05, 0.1) is 0 Å². The van der Waals surface area contributed by atoms with Gasteiger partial charge in [-0.2, -0.15) is 0 Å². The number of rotatable bonds is 5. The van der Waals surface area contributed by atoms with E-state index in [2.05, 4.69) is 35.3 Å². The normalized spacial score (nSPS) is 25.1. The van der Waals surface area contributed by atoms with Crippen LogP contribution in [0.15, 0.2) is 18.2 Å². The molecule has 1 aromatic carbocycles. The second-order valence-corrected chi connectivity index (χ2v) is 6.98. The molecule has 2 unspecified atom stereocenters. The van der Waals surface area contributed by atoms with Crippen LogP contribution in [0.5, 0.6) is 0 Å². The van der Waals surface area contributed by atoms with E-state index in [4.69, 9.17) is 11.6 Å². The van der Waals surface area contributed by atoms with Crippen LogP contribution in [0.1, 0.15) is 51.0 Å². The number of nitrogens with one attached hydrogen (secondary N) is 1. The van der Waals surface area contributed by atoms with E-state index in [9.17, 15) is 0 Å². The van der Waals surface area contributed by atoms with Crippen LogP contribution in [-0.2, 0) is 6.54 Å². The summed E-state index contributed by atoms with van der Waals surface area (Å²) in [6, 6.07) is 7.22. The fourth-order valence-corrected chi connectivity index (χ4v) is 4.32. The second kappa shape index (κ2) is 7.02. The highest BCUT2D eigenvalue weighted by Crippen LogP contribution is 2.40. The second-order valence-electron chi connectivity index (χ2n) is 6.54. The molecule has 1 saturated carbocycles. The van der Waals surface area contributed by atoms with Crippen LogP contribution in [0, 0.1) is 5.92 Å². The van der Waals surface area contributed by atoms with E-state index < -0.39 is 0 Å². The topological polar surface area (TPSA) is 15.3 Å². The standard InChI is InChI=1S/C18H27ClN2/c1-2-10-20-13-15-12-16(19)8-9-18(15)21-11-4-6-14-5-3-7-17(14)21/h8-9,12,14,17,20H,2-7,10-11,13H2,1H3. The van der Waals surface area contributed by atoms with Crippen molar-refractivity contribution in [1.29, 1.82) is 0 Å². The maximum absolute atomic E-state index is 6.23. The molecule has 1 saturated heterocycles. The van der Waals surface area contributed by atoms with Gasteiger partial charge in [0.25, 0.3) is 0 Å². The lowest BCUT2D eigenvalue weighted by Crippen LogP contribution is -2.43. The number of benzene rings is 1. The highest BCUT2D eigenvalue weighted by molar-refractivity contribution is 6.30. The molecular weight excluding hydrogens is 280 g/mol. The molecule has 0 aromatic heterocycles. The first-order valence-electron chi connectivity index (χ1n) is 8.55. The summed E-state index contributed by atoms with van der Waals surface area (Å²) in [7, 11) is 0. The van der Waals surface area contributed by atoms with Gasteiger partial charge in [0.1, 0.15) is 0 Å². The maximum Gasteiger partial charge on any atom is 0.0415 e. The summed E-state index contributed by atoms with van der Waals surface area (Å²) >= 11 is 6.23. The molecule has 0 bridgehead atoms. The zero-order chi connectivity index (χ0) is 14.7. The molecule has 2 fully saturated rings. The molecule has 0 amide bonds. The number of hydrogen-bond donors (Lipinski definition) is 1. The summed E-state index contributed by atoms with van der Waals surface area (Å²) in [6.07, 6.45) is 8.14. The summed E-state index contributed by atoms with van der Waals surface area (Å²) in [5, 5.41) is 4.39. The third-order valence-electron chi connectivity index (χ3n) is 5.09. The summed E-state index contributed by atoms with van der Waals surface area (Å²) in [5.41, 5.74) is 2.78. The van der Waals surface area contributed by atoms with Gasteiger partial charge in [-0.1, -0.05) is 24.9 Å². The fourth-order valence-electron chi connectivity index (χ4n) is 4.13. The minimum atomic E-state index is 0.768. The molecule has 1 N–H and O–H groups in total. The van der Waals surface area contributed by atoms with Crippen LogP contribution < -0.4 is 10.2 Å². The van der Waals surface area contributed by atoms with Gasteiger partial charge >= 0.3 is 0 Å². The van der Waals surface area contributed by atoms with Gasteiger partial charge in [0.2, 0.25) is 0 Å². The molecule has 0 radical (unpaired) electrons. The quantitative estimate of drug-likeness (QED) is 0.799. The van der Waals surface area contributed by atoms with Gasteiger partial charge in [-0.15, -0.1) is 0 Å². The molecule has 2 aliphatic rings. The van der Waals surface area contributed by atoms with Gasteiger partial charge < -0.3 is 10.2 Å². The molecule has 116 valence electrons. The van der Waals surface area contributed by atoms with Crippen LogP contribution in [0.2, 0.25) is 5.02 Å². The van der Waals surface area contributed by atoms with Crippen LogP contribution in [-0.4, -0.2) is 19.1 Å². The average Bonchev–Trinajstić information content (AvgIpc) is 2.96. The smallest absolute Gasteiger partial charge is 0.0415 e. The molecule has 3 rings (SSSR count). The maximum atomic E-state index is 6.23. The van der Waals surface area contributed by atoms with Gasteiger partial charge in [-0.3, -0.25) is 0 Å². The lowest BCUT2D eigenvalue weighted by molar-refractivity contribution is 0.362. The van der Waals surface area contributed by atoms with Crippen molar-refractivity contribution in [3.8, 4) is 0 Å². The minimum Gasteiger partial charge on any atom is -0.368 e. The number of fused-ring (bicyclic) bond motifs is 1. The van der Waals surface area contributed by atoms with Crippen LogP contribution >= 0.6 is 11.6 Å². The number of anilines is 1. The van der Waals surface area contributed by atoms with Crippen molar-refractivity contribution < 1.29 is 0 Å². The highest BCUT2D eigenvalue weighted by Gasteiger charge is 2.35. The average molecular weight is 307 g/mol. The lowest BCUT2D eigenvalue weighted by atomic mass is 9.91. The van der Waals surface area contributed by atoms with Crippen molar-refractivity contribution in [1.82, 2.24) is 5.32 Å². The predicted octanol–water partition coefficient (Wildman–Crippen LogP) is 4.61. The molecular formula is C18H27ClN2. The molecule has 21 heavy (non-hydrogen) atoms. The van der Waals surface area contributed by atoms with Crippen LogP contribution in [0.3, 0.4) is 0 Å². The monoisotopic (exact) mass is 306 g/mol. The number of piperidine rings is 1. The third-order valence-corrected chi connectivity index (χ3v) is 5.32. The summed E-state index contributed by atoms with van der Waals surface area (Å²) in [5.74, 6) is 0.922. The number of halogens is 1. The molecule has 0 spiro atoms. The van der Waals surface area contributed by atoms with Gasteiger partial charge in [-0.05, 0) is 68.3 Å². The SMILES string of the molecule is CCCNCc1cc(Cl)ccc1N1CCCC2CCCC21. The third kappa shape index (κ3) is 3.37. The Morgan fingerprint density at radius 3 is 2.95 bits per heavy atom. The molecule has 1 aliphatic heterocycles. The Balaban J connectivity index is 1.82. The van der Waals surface area contributed by atoms with E-state index in [0.717, 1.165) is 30.1 Å². The first-order chi connectivity index (χ1) is 10.3. The predicted molar refractivity (Wildman–Crippen MR) is 91.2 cm³/mol. The van der Waals surface area contributed by atoms with E-state index in [1.807, 2.05) is 0 Å². The minimum absolute atomic E-state index is 0.768. The Bertz CT molecular complexity index is 474. The molecule has 2 nitrogen and oxygen atoms in total. The van der Waals surface area contributed by atoms with E-state index in [-0.39, 0.29) is 0 Å². The van der Waals surface area contributed by atoms with Crippen molar-refractivity contribution in [2.24, 2.45) is 5.92 Å². The zero-order valence-corrected chi connectivity index (χ0v) is 13.8. The van der Waals surface area contributed by atoms with E-state index in [1.54, 1.807) is 0 Å². The van der Waals surface area contributed by atoms with E-state index in [0.29, 0.717) is 0 Å². The van der Waals surface area contributed by atoms with Crippen molar-refractivity contribution in [3.05, 3.63) is 28.8 Å². The molecule has 3 heteroatoms. The molecule has 1 heterocycles. The van der Waals surface area contributed by atoms with Crippen molar-refractivity contribution >= 4 is 17.3 Å². The highest BCUT2D eigenvalue weighted by atomic mass is 35.5. The number of hydrogen-bond acceptors (Lipinski definition) is 2. The number of nitrogens with zero attached hydrogens (tertiary/aromatic N) is 1. The Hall–Kier alpha value is -0.730. The Kier molecular flexibility index (Phi) is 5.07. The van der Waals surface area contributed by atoms with Crippen molar-refractivity contribution in [2.45, 2.75) is 58.0 Å². The molecule has 1 aliphatic carbocycles. The van der Waals surface area contributed by atoms with Gasteiger partial charge in [-0.25, -0.2) is 0 Å². The molecule has 2 atom stereocenters. The van der Waals surface area contributed by atoms with Crippen molar-refractivity contribution in [3.63, 3.8) is 0 Å². The first-order valence-corrected chi connectivity index (χ1v) is 8.93. The Morgan fingerprint density at radius 1 is 1.24 bits per heavy atom. The van der Waals surface area contributed by atoms with Gasteiger partial charge in [0.15, 0.2) is 0 Å². The summed E-state index contributed by atoms with van der Waals surface area (Å²) in [4.78, 5) is 2.68. The summed E-state index contributed by atoms with van der Waals surface area (Å²) in [6.45, 7) is 5.42. The lowest BCUT2D eigenvalue weighted by Gasteiger charge is -2.40. The van der Waals surface area contributed by atoms with E-state index >= 15 is 0 Å². The van der Waals surface area contributed by atoms with Gasteiger partial charge in [0, 0.05) is 29.8 Å². The Morgan fingerprint density at radius 2 is 2.10 bits per heavy atom. The fraction of sp³-hybridized carbons (Fsp3) is 0.667. The largest absolute Gasteiger partial charge is 0.368 e. The first kappa shape index (κ1) is 15.2. The molecule has 1 aromatic rings. The summed E-state index contributed by atoms with van der Waals surface area (Å²) < 4.78 is 0. The Labute approximate surface area is 133 Å². The van der Waals surface area contributed by atoms with Crippen molar-refractivity contribution in [2.75, 3.05) is 18.0 Å². The van der Waals surface area contributed by atoms with Crippen LogP contribution in [0.25, 0.3) is 0 Å². The van der Waals surface area contributed by atoms with E-state index in [1.165, 1.54) is 56.3 Å². The van der Waals surface area contributed by atoms with Crippen LogP contribution in [0.4, 0.5) is 5.69 Å². The zero-order valence-electron chi connectivity index (χ0n) is 13.1.